The van der Waals surface area contributed by atoms with Crippen molar-refractivity contribution in [2.75, 3.05) is 6.61 Å². The van der Waals surface area contributed by atoms with Crippen LogP contribution in [0.1, 0.15) is 11.1 Å². The van der Waals surface area contributed by atoms with Crippen molar-refractivity contribution in [3.63, 3.8) is 0 Å². The van der Waals surface area contributed by atoms with Gasteiger partial charge in [-0.25, -0.2) is 4.21 Å². The zero-order valence-electron chi connectivity index (χ0n) is 11.9. The minimum atomic E-state index is -1.27. The first-order chi connectivity index (χ1) is 10.2. The number of rotatable bonds is 5. The zero-order valence-corrected chi connectivity index (χ0v) is 12.7. The van der Waals surface area contributed by atoms with Gasteiger partial charge in [0.2, 0.25) is 0 Å². The van der Waals surface area contributed by atoms with E-state index in [1.807, 2.05) is 67.6 Å². The van der Waals surface area contributed by atoms with Crippen LogP contribution in [0.5, 0.6) is 0 Å². The zero-order chi connectivity index (χ0) is 15.1. The van der Waals surface area contributed by atoms with E-state index in [2.05, 4.69) is 0 Å². The maximum absolute atomic E-state index is 12.7. The molecule has 0 aliphatic heterocycles. The average molecular weight is 298 g/mol. The van der Waals surface area contributed by atoms with E-state index in [0.717, 1.165) is 16.0 Å². The molecule has 108 valence electrons. The van der Waals surface area contributed by atoms with Gasteiger partial charge >= 0.3 is 0 Å². The Kier molecular flexibility index (Phi) is 5.67. The third-order valence-corrected chi connectivity index (χ3v) is 4.33. The van der Waals surface area contributed by atoms with Gasteiger partial charge in [-0.05, 0) is 36.8 Å². The maximum atomic E-state index is 12.7. The summed E-state index contributed by atoms with van der Waals surface area (Å²) in [5, 5.41) is 8.96. The van der Waals surface area contributed by atoms with Crippen LogP contribution in [0, 0.1) is 6.92 Å². The molecule has 2 aromatic rings. The minimum absolute atomic E-state index is 0.0722. The molecule has 1 N–H and O–H groups in total. The van der Waals surface area contributed by atoms with Crippen LogP contribution >= 0.6 is 0 Å². The normalized spacial score (nSPS) is 13.5. The standard InChI is InChI=1S/C18H18O2S/c1-15-9-11-17(12-10-15)21(20)18(8-5-13-19)14-16-6-3-2-4-7-16/h2-12,14,19H,13H2,1H3/b8-5-,18-14-. The van der Waals surface area contributed by atoms with Gasteiger partial charge < -0.3 is 5.11 Å². The number of aliphatic hydroxyl groups is 1. The number of hydrogen-bond donors (Lipinski definition) is 1. The fraction of sp³-hybridized carbons (Fsp3) is 0.111. The summed E-state index contributed by atoms with van der Waals surface area (Å²) in [6, 6.07) is 17.4. The lowest BCUT2D eigenvalue weighted by Gasteiger charge is -2.05. The number of aryl methyl sites for hydroxylation is 1. The Morgan fingerprint density at radius 2 is 1.76 bits per heavy atom. The van der Waals surface area contributed by atoms with E-state index in [1.54, 1.807) is 12.2 Å². The highest BCUT2D eigenvalue weighted by Gasteiger charge is 2.08. The van der Waals surface area contributed by atoms with E-state index in [0.29, 0.717) is 4.91 Å². The number of aliphatic hydroxyl groups excluding tert-OH is 1. The molecule has 0 aliphatic rings. The Balaban J connectivity index is 2.36. The van der Waals surface area contributed by atoms with E-state index < -0.39 is 10.8 Å². The second-order valence-electron chi connectivity index (χ2n) is 4.62. The first-order valence-electron chi connectivity index (χ1n) is 6.73. The van der Waals surface area contributed by atoms with Crippen molar-refractivity contribution in [2.24, 2.45) is 0 Å². The van der Waals surface area contributed by atoms with Gasteiger partial charge in [0.15, 0.2) is 0 Å². The number of allylic oxidation sites excluding steroid dienone is 1. The van der Waals surface area contributed by atoms with Crippen molar-refractivity contribution < 1.29 is 9.32 Å². The molecule has 0 amide bonds. The first kappa shape index (κ1) is 15.4. The van der Waals surface area contributed by atoms with Crippen LogP contribution in [0.4, 0.5) is 0 Å². The van der Waals surface area contributed by atoms with Gasteiger partial charge in [0.1, 0.15) is 0 Å². The van der Waals surface area contributed by atoms with Crippen LogP contribution in [-0.4, -0.2) is 15.9 Å². The summed E-state index contributed by atoms with van der Waals surface area (Å²) >= 11 is 0. The van der Waals surface area contributed by atoms with Crippen molar-refractivity contribution in [3.05, 3.63) is 82.8 Å². The molecule has 1 unspecified atom stereocenters. The molecule has 21 heavy (non-hydrogen) atoms. The third kappa shape index (κ3) is 4.52. The van der Waals surface area contributed by atoms with Gasteiger partial charge in [-0.15, -0.1) is 0 Å². The molecule has 0 saturated carbocycles. The van der Waals surface area contributed by atoms with E-state index in [4.69, 9.17) is 5.11 Å². The summed E-state index contributed by atoms with van der Waals surface area (Å²) in [6.45, 7) is 1.93. The van der Waals surface area contributed by atoms with Crippen LogP contribution in [-0.2, 0) is 10.8 Å². The predicted molar refractivity (Wildman–Crippen MR) is 88.2 cm³/mol. The highest BCUT2D eigenvalue weighted by Crippen LogP contribution is 2.19. The summed E-state index contributed by atoms with van der Waals surface area (Å²) in [7, 11) is -1.27. The van der Waals surface area contributed by atoms with E-state index in [1.165, 1.54) is 0 Å². The molecule has 0 bridgehead atoms. The quantitative estimate of drug-likeness (QED) is 0.855. The molecule has 0 aliphatic carbocycles. The summed E-state index contributed by atoms with van der Waals surface area (Å²) in [5.74, 6) is 0. The second kappa shape index (κ2) is 7.72. The molecule has 2 rings (SSSR count). The average Bonchev–Trinajstić information content (AvgIpc) is 2.52. The van der Waals surface area contributed by atoms with Gasteiger partial charge in [-0.3, -0.25) is 0 Å². The lowest BCUT2D eigenvalue weighted by Crippen LogP contribution is -1.95. The first-order valence-corrected chi connectivity index (χ1v) is 7.88. The molecule has 0 spiro atoms. The van der Waals surface area contributed by atoms with Gasteiger partial charge in [0, 0.05) is 9.80 Å². The molecule has 2 aromatic carbocycles. The Morgan fingerprint density at radius 1 is 1.10 bits per heavy atom. The fourth-order valence-electron chi connectivity index (χ4n) is 1.84. The van der Waals surface area contributed by atoms with Crippen LogP contribution in [0.25, 0.3) is 6.08 Å². The molecule has 0 radical (unpaired) electrons. The summed E-state index contributed by atoms with van der Waals surface area (Å²) in [5.41, 5.74) is 2.12. The predicted octanol–water partition coefficient (Wildman–Crippen LogP) is 3.69. The van der Waals surface area contributed by atoms with Gasteiger partial charge in [-0.2, -0.15) is 0 Å². The molecule has 2 nitrogen and oxygen atoms in total. The maximum Gasteiger partial charge on any atom is 0.0849 e. The largest absolute Gasteiger partial charge is 0.392 e. The Morgan fingerprint density at radius 3 is 2.38 bits per heavy atom. The van der Waals surface area contributed by atoms with Crippen molar-refractivity contribution in [1.82, 2.24) is 0 Å². The monoisotopic (exact) mass is 298 g/mol. The van der Waals surface area contributed by atoms with Crippen LogP contribution in [0.2, 0.25) is 0 Å². The van der Waals surface area contributed by atoms with Gasteiger partial charge in [0.05, 0.1) is 17.4 Å². The summed E-state index contributed by atoms with van der Waals surface area (Å²) < 4.78 is 12.7. The summed E-state index contributed by atoms with van der Waals surface area (Å²) in [6.07, 6.45) is 5.19. The van der Waals surface area contributed by atoms with Gasteiger partial charge in [-0.1, -0.05) is 54.1 Å². The minimum Gasteiger partial charge on any atom is -0.392 e. The number of benzene rings is 2. The van der Waals surface area contributed by atoms with E-state index >= 15 is 0 Å². The Bertz CT molecular complexity index is 655. The molecular weight excluding hydrogens is 280 g/mol. The molecule has 0 fully saturated rings. The van der Waals surface area contributed by atoms with Crippen LogP contribution in [0.3, 0.4) is 0 Å². The second-order valence-corrected chi connectivity index (χ2v) is 6.10. The van der Waals surface area contributed by atoms with Crippen molar-refractivity contribution in [2.45, 2.75) is 11.8 Å². The Labute approximate surface area is 127 Å². The number of hydrogen-bond acceptors (Lipinski definition) is 2. The summed E-state index contributed by atoms with van der Waals surface area (Å²) in [4.78, 5) is 1.42. The van der Waals surface area contributed by atoms with Crippen LogP contribution < -0.4 is 0 Å². The Hall–Kier alpha value is -1.97. The van der Waals surface area contributed by atoms with Gasteiger partial charge in [0.25, 0.3) is 0 Å². The van der Waals surface area contributed by atoms with Crippen molar-refractivity contribution >= 4 is 16.9 Å². The van der Waals surface area contributed by atoms with E-state index in [9.17, 15) is 4.21 Å². The van der Waals surface area contributed by atoms with Crippen LogP contribution in [0.15, 0.2) is 76.5 Å². The molecule has 0 heterocycles. The molecule has 0 aromatic heterocycles. The lowest BCUT2D eigenvalue weighted by molar-refractivity contribution is 0.342. The SMILES string of the molecule is Cc1ccc(S(=O)C(/C=C\CO)=C\c2ccccc2)cc1. The third-order valence-electron chi connectivity index (χ3n) is 2.95. The van der Waals surface area contributed by atoms with E-state index in [-0.39, 0.29) is 6.61 Å². The topological polar surface area (TPSA) is 37.3 Å². The van der Waals surface area contributed by atoms with Crippen molar-refractivity contribution in [3.8, 4) is 0 Å². The molecular formula is C18H18O2S. The lowest BCUT2D eigenvalue weighted by atomic mass is 10.2. The molecule has 1 atom stereocenters. The fourth-order valence-corrected chi connectivity index (χ4v) is 2.96. The molecule has 3 heteroatoms. The molecule has 0 saturated heterocycles. The highest BCUT2D eigenvalue weighted by atomic mass is 32.2. The van der Waals surface area contributed by atoms with Crippen molar-refractivity contribution in [1.29, 1.82) is 0 Å². The highest BCUT2D eigenvalue weighted by molar-refractivity contribution is 7.89. The smallest absolute Gasteiger partial charge is 0.0849 e.